The summed E-state index contributed by atoms with van der Waals surface area (Å²) in [6.45, 7) is 15.5. The van der Waals surface area contributed by atoms with Gasteiger partial charge < -0.3 is 22.5 Å². The zero-order chi connectivity index (χ0) is 50.1. The van der Waals surface area contributed by atoms with E-state index < -0.39 is 0 Å². The van der Waals surface area contributed by atoms with Gasteiger partial charge in [0.15, 0.2) is 0 Å². The Morgan fingerprint density at radius 3 is 1.42 bits per heavy atom. The molecule has 0 aliphatic carbocycles. The van der Waals surface area contributed by atoms with Crippen LogP contribution in [-0.2, 0) is 0 Å². The molecule has 0 radical (unpaired) electrons. The number of nitrogen functional groups attached to an aromatic ring is 3. The van der Waals surface area contributed by atoms with Gasteiger partial charge in [0.05, 0.1) is 45.7 Å². The van der Waals surface area contributed by atoms with Gasteiger partial charge in [-0.1, -0.05) is 48.5 Å². The summed E-state index contributed by atoms with van der Waals surface area (Å²) in [6.07, 6.45) is 6.53. The molecule has 0 spiro atoms. The molecule has 0 saturated carbocycles. The number of anilines is 5. The first-order chi connectivity index (χ1) is 33.0. The molecule has 0 bridgehead atoms. The Labute approximate surface area is 405 Å². The third-order valence-corrected chi connectivity index (χ3v) is 11.3. The van der Waals surface area contributed by atoms with Crippen LogP contribution in [-0.4, -0.2) is 29.9 Å². The Kier molecular flexibility index (Phi) is 15.3. The number of nitrogens with two attached hydrogens (primary N) is 3. The van der Waals surface area contributed by atoms with Crippen molar-refractivity contribution in [1.29, 1.82) is 21.0 Å². The number of nitrogens with zero attached hydrogens (tertiary/aromatic N) is 10. The number of pyridine rings is 2. The summed E-state index contributed by atoms with van der Waals surface area (Å²) in [5.41, 5.74) is 33.8. The summed E-state index contributed by atoms with van der Waals surface area (Å²) in [5.74, 6) is 2.08. The van der Waals surface area contributed by atoms with Crippen molar-refractivity contribution >= 4 is 74.8 Å². The molecule has 15 heteroatoms. The number of para-hydroxylation sites is 2. The summed E-state index contributed by atoms with van der Waals surface area (Å²) >= 11 is 6.00. The molecule has 0 unspecified atom stereocenters. The number of nitrogens with one attached hydrogen (secondary N) is 1. The minimum atomic E-state index is 0.135. The average molecular weight is 928 g/mol. The van der Waals surface area contributed by atoms with Gasteiger partial charge in [-0.3, -0.25) is 0 Å². The zero-order valence-corrected chi connectivity index (χ0v) is 40.1. The molecule has 4 aromatic carbocycles. The smallest absolute Gasteiger partial charge is 0.230 e. The fourth-order valence-corrected chi connectivity index (χ4v) is 8.47. The Hall–Kier alpha value is -9.21. The number of aryl methyl sites for hydroxylation is 8. The van der Waals surface area contributed by atoms with Crippen LogP contribution in [0.2, 0.25) is 5.28 Å². The monoisotopic (exact) mass is 926 g/mol. The zero-order valence-electron chi connectivity index (χ0n) is 39.3. The van der Waals surface area contributed by atoms with Crippen molar-refractivity contribution in [3.05, 3.63) is 157 Å². The highest BCUT2D eigenvalue weighted by atomic mass is 35.5. The predicted molar refractivity (Wildman–Crippen MR) is 277 cm³/mol. The number of hydrogen-bond donors (Lipinski definition) is 4. The third kappa shape index (κ3) is 11.1. The van der Waals surface area contributed by atoms with Crippen molar-refractivity contribution in [1.82, 2.24) is 29.9 Å². The lowest BCUT2D eigenvalue weighted by molar-refractivity contribution is 1.13. The molecule has 4 aromatic heterocycles. The van der Waals surface area contributed by atoms with Gasteiger partial charge in [-0.15, -0.1) is 0 Å². The van der Waals surface area contributed by atoms with E-state index in [1.807, 2.05) is 114 Å². The number of nitriles is 4. The van der Waals surface area contributed by atoms with E-state index >= 15 is 0 Å². The molecular formula is C54H47ClN14. The molecule has 8 rings (SSSR count). The summed E-state index contributed by atoms with van der Waals surface area (Å²) in [4.78, 5) is 26.1. The molecule has 0 amide bonds. The number of allylic oxidation sites excluding steroid dienone is 2. The van der Waals surface area contributed by atoms with Crippen LogP contribution in [0.5, 0.6) is 0 Å². The lowest BCUT2D eigenvalue weighted by Crippen LogP contribution is -2.05. The van der Waals surface area contributed by atoms with Crippen molar-refractivity contribution in [2.75, 3.05) is 22.5 Å². The van der Waals surface area contributed by atoms with Gasteiger partial charge in [0, 0.05) is 34.1 Å². The van der Waals surface area contributed by atoms with E-state index in [1.54, 1.807) is 38.1 Å². The second-order valence-corrected chi connectivity index (χ2v) is 16.5. The largest absolute Gasteiger partial charge is 0.384 e. The molecule has 14 nitrogen and oxygen atoms in total. The number of rotatable bonds is 6. The SMILES string of the molecule is Cc1cc(/C=C/C#N)cc(C)c1-c1cccc2c(N)nc(Cl)nc12.Cc1cc(N)nc(C)c1C#N.Cc1cc(Nc2nc(N)c3cccc(-c4c(C)cc(/C=C/C#N)cc4C)c3n2)nc(C)c1C#N. The minimum absolute atomic E-state index is 0.135. The highest BCUT2D eigenvalue weighted by Gasteiger charge is 2.17. The second kappa shape index (κ2) is 21.4. The maximum Gasteiger partial charge on any atom is 0.230 e. The van der Waals surface area contributed by atoms with Crippen LogP contribution >= 0.6 is 11.6 Å². The molecule has 0 saturated heterocycles. The van der Waals surface area contributed by atoms with Crippen LogP contribution in [0.4, 0.5) is 29.2 Å². The topological polar surface area (TPSA) is 263 Å². The van der Waals surface area contributed by atoms with Crippen LogP contribution in [0.1, 0.15) is 67.0 Å². The normalized spacial score (nSPS) is 10.7. The summed E-state index contributed by atoms with van der Waals surface area (Å²) in [6, 6.07) is 31.7. The van der Waals surface area contributed by atoms with Crippen LogP contribution in [0.15, 0.2) is 84.9 Å². The number of aromatic nitrogens is 6. The van der Waals surface area contributed by atoms with Gasteiger partial charge in [0.2, 0.25) is 11.2 Å². The van der Waals surface area contributed by atoms with Crippen molar-refractivity contribution in [2.45, 2.75) is 55.4 Å². The lowest BCUT2D eigenvalue weighted by atomic mass is 9.92. The maximum absolute atomic E-state index is 9.31. The Bertz CT molecular complexity index is 3470. The molecule has 0 aliphatic rings. The quantitative estimate of drug-likeness (QED) is 0.0893. The fraction of sp³-hybridized carbons (Fsp3) is 0.148. The van der Waals surface area contributed by atoms with Crippen LogP contribution in [0.25, 0.3) is 56.2 Å². The van der Waals surface area contributed by atoms with E-state index in [9.17, 15) is 5.26 Å². The maximum atomic E-state index is 9.31. The van der Waals surface area contributed by atoms with Gasteiger partial charge in [0.25, 0.3) is 0 Å². The molecule has 7 N–H and O–H groups in total. The predicted octanol–water partition coefficient (Wildman–Crippen LogP) is 11.5. The summed E-state index contributed by atoms with van der Waals surface area (Å²) < 4.78 is 0. The molecule has 0 atom stereocenters. The number of hydrogen-bond acceptors (Lipinski definition) is 14. The van der Waals surface area contributed by atoms with E-state index in [-0.39, 0.29) is 5.28 Å². The molecule has 69 heavy (non-hydrogen) atoms. The van der Waals surface area contributed by atoms with Gasteiger partial charge in [0.1, 0.15) is 35.4 Å². The molecule has 0 aliphatic heterocycles. The van der Waals surface area contributed by atoms with Crippen LogP contribution in [0.3, 0.4) is 0 Å². The standard InChI is InChI=1S/C27H23N7.C19H15ClN4.C8H9N3/c1-15-13-23(31-18(4)22(15)14-29)32-27-33-25-20(8-5-9-21(25)26(30)34-27)24-16(2)11-19(7-6-10-28)12-17(24)3;1-11-9-13(5-4-8-21)10-12(2)16(11)14-6-3-7-15-17(14)23-19(20)24-18(15)22;1-5-3-8(10)11-6(2)7(5)4-9/h5-9,11-13H,1-4H3,(H3,30,31,32,33,34);3-7,9-10H,1-2H3,(H2,22,23,24);3H,1-2H3,(H2,10,11)/b7-6+;5-4+;. The van der Waals surface area contributed by atoms with Gasteiger partial charge in [-0.2, -0.15) is 26.0 Å². The molecule has 0 fully saturated rings. The lowest BCUT2D eigenvalue weighted by Gasteiger charge is -2.15. The average Bonchev–Trinajstić information content (AvgIpc) is 3.28. The van der Waals surface area contributed by atoms with Crippen molar-refractivity contribution in [3.63, 3.8) is 0 Å². The Balaban J connectivity index is 0.000000193. The van der Waals surface area contributed by atoms with E-state index in [4.69, 9.17) is 49.6 Å². The first-order valence-electron chi connectivity index (χ1n) is 21.4. The fourth-order valence-electron chi connectivity index (χ4n) is 8.30. The summed E-state index contributed by atoms with van der Waals surface area (Å²) in [7, 11) is 0. The third-order valence-electron chi connectivity index (χ3n) is 11.1. The Morgan fingerprint density at radius 1 is 0.522 bits per heavy atom. The molecule has 340 valence electrons. The highest BCUT2D eigenvalue weighted by molar-refractivity contribution is 6.29. The van der Waals surface area contributed by atoms with Gasteiger partial charge >= 0.3 is 0 Å². The number of halogens is 1. The molecular weight excluding hydrogens is 880 g/mol. The molecule has 4 heterocycles. The van der Waals surface area contributed by atoms with Gasteiger partial charge in [-0.25, -0.2) is 24.9 Å². The van der Waals surface area contributed by atoms with E-state index in [0.29, 0.717) is 51.7 Å². The van der Waals surface area contributed by atoms with Crippen LogP contribution < -0.4 is 22.5 Å². The van der Waals surface area contributed by atoms with Crippen molar-refractivity contribution in [3.8, 4) is 46.5 Å². The Morgan fingerprint density at radius 2 is 0.971 bits per heavy atom. The van der Waals surface area contributed by atoms with Gasteiger partial charge in [-0.05, 0) is 159 Å². The first-order valence-corrected chi connectivity index (χ1v) is 21.8. The van der Waals surface area contributed by atoms with E-state index in [0.717, 1.165) is 88.6 Å². The van der Waals surface area contributed by atoms with E-state index in [1.165, 1.54) is 12.2 Å². The first kappa shape index (κ1) is 49.2. The summed E-state index contributed by atoms with van der Waals surface area (Å²) in [5, 5.41) is 40.3. The minimum Gasteiger partial charge on any atom is -0.384 e. The highest BCUT2D eigenvalue weighted by Crippen LogP contribution is 2.37. The van der Waals surface area contributed by atoms with Crippen molar-refractivity contribution in [2.24, 2.45) is 0 Å². The second-order valence-electron chi connectivity index (χ2n) is 16.2. The van der Waals surface area contributed by atoms with Crippen molar-refractivity contribution < 1.29 is 0 Å². The number of benzene rings is 4. The number of fused-ring (bicyclic) bond motifs is 2. The van der Waals surface area contributed by atoms with Crippen LogP contribution in [0, 0.1) is 101 Å². The molecule has 8 aromatic rings. The van der Waals surface area contributed by atoms with E-state index in [2.05, 4.69) is 42.4 Å².